The molecule has 1 fully saturated rings. The SMILES string of the molecule is CC[N+](C=O)(CC)c1ccccc1-c1ccc2c(c1)CC[C@H]1N(C)C(=O)CC[C@]21C. The number of amides is 2. The first-order chi connectivity index (χ1) is 14.4. The van der Waals surface area contributed by atoms with Crippen molar-refractivity contribution >= 4 is 18.0 Å². The number of carbonyl (C=O) groups excluding carboxylic acids is 2. The standard InChI is InChI=1S/C26H33N2O2/c1-5-28(6-2,18-29)23-10-8-7-9-21(23)19-11-13-22-20(17-19)12-14-24-26(22,3)16-15-25(30)27(24)4/h7-11,13,17-18,24H,5-6,12,14-16H2,1-4H3/q+1/t24-,26-/m1/s1. The number of aryl methyl sites for hydroxylation is 1. The summed E-state index contributed by atoms with van der Waals surface area (Å²) in [5.74, 6) is 0.272. The Kier molecular flexibility index (Phi) is 5.31. The molecule has 0 N–H and O–H groups in total. The molecule has 2 aromatic rings. The van der Waals surface area contributed by atoms with Crippen LogP contribution in [0.15, 0.2) is 42.5 Å². The summed E-state index contributed by atoms with van der Waals surface area (Å²) in [6.07, 6.45) is 4.62. The maximum Gasteiger partial charge on any atom is 0.306 e. The number of nitrogens with zero attached hydrogens (tertiary/aromatic N) is 2. The van der Waals surface area contributed by atoms with Gasteiger partial charge in [-0.2, -0.15) is 0 Å². The van der Waals surface area contributed by atoms with E-state index in [9.17, 15) is 9.59 Å². The molecule has 158 valence electrons. The van der Waals surface area contributed by atoms with Gasteiger partial charge in [0.1, 0.15) is 5.69 Å². The van der Waals surface area contributed by atoms with Gasteiger partial charge in [-0.3, -0.25) is 4.79 Å². The topological polar surface area (TPSA) is 37.4 Å². The summed E-state index contributed by atoms with van der Waals surface area (Å²) in [7, 11) is 1.96. The number of hydrogen-bond acceptors (Lipinski definition) is 2. The largest absolute Gasteiger partial charge is 0.342 e. The van der Waals surface area contributed by atoms with E-state index in [1.165, 1.54) is 16.7 Å². The number of likely N-dealkylation sites (tertiary alicyclic amines) is 1. The molecule has 0 unspecified atom stereocenters. The zero-order valence-electron chi connectivity index (χ0n) is 18.6. The van der Waals surface area contributed by atoms with Crippen LogP contribution in [0.1, 0.15) is 51.2 Å². The van der Waals surface area contributed by atoms with Gasteiger partial charge in [0.25, 0.3) is 0 Å². The lowest BCUT2D eigenvalue weighted by molar-refractivity contribution is -0.138. The fraction of sp³-hybridized carbons (Fsp3) is 0.462. The van der Waals surface area contributed by atoms with Crippen molar-refractivity contribution in [1.29, 1.82) is 0 Å². The van der Waals surface area contributed by atoms with Crippen LogP contribution in [0.5, 0.6) is 0 Å². The number of likely N-dealkylation sites (N-methyl/N-ethyl adjacent to an activating group) is 1. The van der Waals surface area contributed by atoms with Crippen LogP contribution in [0.25, 0.3) is 11.1 Å². The smallest absolute Gasteiger partial charge is 0.306 e. The molecular weight excluding hydrogens is 372 g/mol. The van der Waals surface area contributed by atoms with E-state index in [-0.39, 0.29) is 17.4 Å². The van der Waals surface area contributed by atoms with E-state index in [4.69, 9.17) is 0 Å². The Morgan fingerprint density at radius 2 is 1.87 bits per heavy atom. The predicted molar refractivity (Wildman–Crippen MR) is 122 cm³/mol. The van der Waals surface area contributed by atoms with Gasteiger partial charge in [-0.15, -0.1) is 0 Å². The molecule has 0 aromatic heterocycles. The average Bonchev–Trinajstić information content (AvgIpc) is 2.78. The van der Waals surface area contributed by atoms with Crippen molar-refractivity contribution in [2.24, 2.45) is 0 Å². The Morgan fingerprint density at radius 3 is 2.57 bits per heavy atom. The van der Waals surface area contributed by atoms with Gasteiger partial charge in [0.2, 0.25) is 5.91 Å². The molecule has 1 heterocycles. The summed E-state index contributed by atoms with van der Waals surface area (Å²) in [6.45, 7) is 7.95. The molecule has 1 aliphatic heterocycles. The van der Waals surface area contributed by atoms with E-state index in [0.29, 0.717) is 10.9 Å². The van der Waals surface area contributed by atoms with Crippen molar-refractivity contribution in [1.82, 2.24) is 9.38 Å². The summed E-state index contributed by atoms with van der Waals surface area (Å²) in [5, 5.41) is 0. The van der Waals surface area contributed by atoms with Gasteiger partial charge in [-0.1, -0.05) is 37.3 Å². The lowest BCUT2D eigenvalue weighted by Crippen LogP contribution is -2.56. The fourth-order valence-corrected chi connectivity index (χ4v) is 5.83. The van der Waals surface area contributed by atoms with E-state index < -0.39 is 0 Å². The lowest BCUT2D eigenvalue weighted by atomic mass is 9.63. The predicted octanol–water partition coefficient (Wildman–Crippen LogP) is 4.68. The Labute approximate surface area is 180 Å². The van der Waals surface area contributed by atoms with E-state index >= 15 is 0 Å². The lowest BCUT2D eigenvalue weighted by Gasteiger charge is -2.50. The van der Waals surface area contributed by atoms with Crippen molar-refractivity contribution in [3.8, 4) is 11.1 Å². The second kappa shape index (κ2) is 7.66. The maximum atomic E-state index is 12.3. The van der Waals surface area contributed by atoms with Gasteiger partial charge in [-0.25, -0.2) is 9.28 Å². The van der Waals surface area contributed by atoms with Gasteiger partial charge < -0.3 is 4.90 Å². The van der Waals surface area contributed by atoms with E-state index in [1.54, 1.807) is 0 Å². The summed E-state index contributed by atoms with van der Waals surface area (Å²) < 4.78 is 0.333. The number of benzene rings is 2. The number of carbonyl (C=O) groups is 2. The van der Waals surface area contributed by atoms with Crippen molar-refractivity contribution < 1.29 is 9.59 Å². The first-order valence-corrected chi connectivity index (χ1v) is 11.2. The van der Waals surface area contributed by atoms with E-state index in [2.05, 4.69) is 57.2 Å². The molecule has 2 atom stereocenters. The minimum Gasteiger partial charge on any atom is -0.342 e. The normalized spacial score (nSPS) is 23.7. The second-order valence-corrected chi connectivity index (χ2v) is 9.14. The molecule has 1 saturated heterocycles. The monoisotopic (exact) mass is 405 g/mol. The van der Waals surface area contributed by atoms with Crippen LogP contribution in [0.4, 0.5) is 5.69 Å². The zero-order chi connectivity index (χ0) is 21.5. The molecule has 1 aliphatic carbocycles. The van der Waals surface area contributed by atoms with Crippen LogP contribution in [-0.4, -0.2) is 43.4 Å². The molecule has 2 amide bonds. The summed E-state index contributed by atoms with van der Waals surface area (Å²) in [4.78, 5) is 26.3. The minimum atomic E-state index is 0.0176. The van der Waals surface area contributed by atoms with Gasteiger partial charge in [-0.05, 0) is 55.9 Å². The zero-order valence-corrected chi connectivity index (χ0v) is 18.6. The highest BCUT2D eigenvalue weighted by Gasteiger charge is 2.46. The minimum absolute atomic E-state index is 0.0176. The molecule has 4 heteroatoms. The van der Waals surface area contributed by atoms with E-state index in [1.807, 2.05) is 18.0 Å². The molecule has 0 spiro atoms. The third-order valence-corrected chi connectivity index (χ3v) is 7.89. The van der Waals surface area contributed by atoms with Gasteiger partial charge >= 0.3 is 6.41 Å². The van der Waals surface area contributed by atoms with E-state index in [0.717, 1.165) is 50.0 Å². The van der Waals surface area contributed by atoms with Gasteiger partial charge in [0.15, 0.2) is 0 Å². The molecule has 30 heavy (non-hydrogen) atoms. The number of para-hydroxylation sites is 1. The first kappa shape index (κ1) is 20.8. The molecule has 4 nitrogen and oxygen atoms in total. The van der Waals surface area contributed by atoms with Crippen molar-refractivity contribution in [3.05, 3.63) is 53.6 Å². The van der Waals surface area contributed by atoms with Crippen LogP contribution < -0.4 is 4.48 Å². The fourth-order valence-electron chi connectivity index (χ4n) is 5.83. The number of fused-ring (bicyclic) bond motifs is 3. The molecule has 0 radical (unpaired) electrons. The van der Waals surface area contributed by atoms with Gasteiger partial charge in [0, 0.05) is 36.6 Å². The van der Waals surface area contributed by atoms with Crippen molar-refractivity contribution in [3.63, 3.8) is 0 Å². The maximum absolute atomic E-state index is 12.3. The number of piperidine rings is 1. The summed E-state index contributed by atoms with van der Waals surface area (Å²) >= 11 is 0. The molecular formula is C26H33N2O2+. The molecule has 0 bridgehead atoms. The number of hydrogen-bond donors (Lipinski definition) is 0. The van der Waals surface area contributed by atoms with Crippen LogP contribution in [-0.2, 0) is 21.4 Å². The van der Waals surface area contributed by atoms with Crippen LogP contribution in [0.3, 0.4) is 0 Å². The first-order valence-electron chi connectivity index (χ1n) is 11.2. The number of rotatable bonds is 5. The summed E-state index contributed by atoms with van der Waals surface area (Å²) in [6, 6.07) is 15.4. The highest BCUT2D eigenvalue weighted by molar-refractivity contribution is 5.84. The Hall–Kier alpha value is -2.46. The summed E-state index contributed by atoms with van der Waals surface area (Å²) in [5.41, 5.74) is 6.18. The van der Waals surface area contributed by atoms with Crippen molar-refractivity contribution in [2.75, 3.05) is 20.1 Å². The Bertz CT molecular complexity index is 979. The van der Waals surface area contributed by atoms with Crippen LogP contribution in [0.2, 0.25) is 0 Å². The molecule has 4 rings (SSSR count). The molecule has 0 saturated carbocycles. The Morgan fingerprint density at radius 1 is 1.13 bits per heavy atom. The van der Waals surface area contributed by atoms with Crippen LogP contribution >= 0.6 is 0 Å². The molecule has 2 aliphatic rings. The number of quaternary nitrogens is 1. The quantitative estimate of drug-likeness (QED) is 0.535. The highest BCUT2D eigenvalue weighted by Crippen LogP contribution is 2.47. The third-order valence-electron chi connectivity index (χ3n) is 7.89. The van der Waals surface area contributed by atoms with Crippen LogP contribution in [0, 0.1) is 0 Å². The average molecular weight is 406 g/mol. The molecule has 2 aromatic carbocycles. The Balaban J connectivity index is 1.80. The van der Waals surface area contributed by atoms with Crippen molar-refractivity contribution in [2.45, 2.75) is 57.9 Å². The highest BCUT2D eigenvalue weighted by atomic mass is 16.2. The second-order valence-electron chi connectivity index (χ2n) is 9.14. The van der Waals surface area contributed by atoms with Gasteiger partial charge in [0.05, 0.1) is 13.1 Å². The third kappa shape index (κ3) is 3.01.